The summed E-state index contributed by atoms with van der Waals surface area (Å²) in [5.41, 5.74) is 2.48. The second-order valence-electron chi connectivity index (χ2n) is 6.88. The molecule has 0 saturated carbocycles. The number of aliphatic hydroxyl groups is 1. The molecule has 1 fully saturated rings. The molecular formula is C24H24O3. The van der Waals surface area contributed by atoms with Gasteiger partial charge in [0.2, 0.25) is 0 Å². The quantitative estimate of drug-likeness (QED) is 0.658. The van der Waals surface area contributed by atoms with E-state index in [1.54, 1.807) is 0 Å². The van der Waals surface area contributed by atoms with Crippen molar-refractivity contribution in [2.75, 3.05) is 6.61 Å². The molecule has 138 valence electrons. The highest BCUT2D eigenvalue weighted by molar-refractivity contribution is 5.47. The van der Waals surface area contributed by atoms with Crippen LogP contribution in [0.4, 0.5) is 0 Å². The topological polar surface area (TPSA) is 38.7 Å². The van der Waals surface area contributed by atoms with Gasteiger partial charge in [0.05, 0.1) is 12.7 Å². The standard InChI is InChI=1S/C24H24O3/c25-23-17-16-22(27-23)18-26-24(19-10-4-1-5-11-19,20-12-6-2-7-13-20)21-14-8-3-9-15-21/h1-15,22-23,25H,16-18H2/t22-,23?/m0/s1. The van der Waals surface area contributed by atoms with Crippen LogP contribution in [0, 0.1) is 0 Å². The summed E-state index contributed by atoms with van der Waals surface area (Å²) in [7, 11) is 0. The third kappa shape index (κ3) is 3.67. The van der Waals surface area contributed by atoms with E-state index in [1.165, 1.54) is 0 Å². The van der Waals surface area contributed by atoms with E-state index in [9.17, 15) is 5.11 Å². The zero-order valence-corrected chi connectivity index (χ0v) is 15.2. The van der Waals surface area contributed by atoms with Crippen molar-refractivity contribution in [3.63, 3.8) is 0 Å². The molecule has 0 aliphatic carbocycles. The molecule has 3 aromatic carbocycles. The Kier molecular flexibility index (Phi) is 5.35. The summed E-state index contributed by atoms with van der Waals surface area (Å²) >= 11 is 0. The van der Waals surface area contributed by atoms with Crippen LogP contribution in [0.5, 0.6) is 0 Å². The molecule has 1 aliphatic rings. The first-order valence-electron chi connectivity index (χ1n) is 9.43. The second kappa shape index (κ2) is 8.05. The van der Waals surface area contributed by atoms with Gasteiger partial charge >= 0.3 is 0 Å². The zero-order valence-electron chi connectivity index (χ0n) is 15.2. The predicted octanol–water partition coefficient (Wildman–Crippen LogP) is 4.49. The van der Waals surface area contributed by atoms with Gasteiger partial charge in [0.15, 0.2) is 6.29 Å². The first-order chi connectivity index (χ1) is 13.3. The molecule has 0 amide bonds. The number of aliphatic hydroxyl groups excluding tert-OH is 1. The van der Waals surface area contributed by atoms with Gasteiger partial charge in [-0.2, -0.15) is 0 Å². The van der Waals surface area contributed by atoms with Crippen LogP contribution in [-0.4, -0.2) is 24.1 Å². The molecular weight excluding hydrogens is 336 g/mol. The van der Waals surface area contributed by atoms with Crippen LogP contribution in [0.3, 0.4) is 0 Å². The molecule has 0 bridgehead atoms. The van der Waals surface area contributed by atoms with Gasteiger partial charge in [-0.1, -0.05) is 91.0 Å². The lowest BCUT2D eigenvalue weighted by Crippen LogP contribution is -2.35. The molecule has 0 spiro atoms. The van der Waals surface area contributed by atoms with E-state index < -0.39 is 11.9 Å². The van der Waals surface area contributed by atoms with Crippen LogP contribution in [0.2, 0.25) is 0 Å². The molecule has 1 unspecified atom stereocenters. The Morgan fingerprint density at radius 2 is 1.19 bits per heavy atom. The SMILES string of the molecule is OC1CC[C@@H](COC(c2ccccc2)(c2ccccc2)c2ccccc2)O1. The Hall–Kier alpha value is -2.46. The van der Waals surface area contributed by atoms with Crippen molar-refractivity contribution in [1.82, 2.24) is 0 Å². The van der Waals surface area contributed by atoms with Gasteiger partial charge in [0, 0.05) is 6.42 Å². The number of hydrogen-bond acceptors (Lipinski definition) is 3. The molecule has 3 nitrogen and oxygen atoms in total. The summed E-state index contributed by atoms with van der Waals surface area (Å²) in [5, 5.41) is 9.70. The number of benzene rings is 3. The molecule has 2 atom stereocenters. The van der Waals surface area contributed by atoms with E-state index in [0.717, 1.165) is 23.1 Å². The van der Waals surface area contributed by atoms with Gasteiger partial charge in [-0.3, -0.25) is 0 Å². The van der Waals surface area contributed by atoms with Gasteiger partial charge in [-0.05, 0) is 23.1 Å². The van der Waals surface area contributed by atoms with Gasteiger partial charge in [0.1, 0.15) is 5.60 Å². The van der Waals surface area contributed by atoms with Gasteiger partial charge in [-0.25, -0.2) is 0 Å². The van der Waals surface area contributed by atoms with Crippen LogP contribution in [0.25, 0.3) is 0 Å². The van der Waals surface area contributed by atoms with E-state index in [1.807, 2.05) is 54.6 Å². The Morgan fingerprint density at radius 3 is 1.56 bits per heavy atom. The Morgan fingerprint density at radius 1 is 0.741 bits per heavy atom. The first kappa shape index (κ1) is 17.9. The average molecular weight is 360 g/mol. The molecule has 27 heavy (non-hydrogen) atoms. The molecule has 1 saturated heterocycles. The van der Waals surface area contributed by atoms with Crippen molar-refractivity contribution in [3.05, 3.63) is 108 Å². The Labute approximate surface area is 160 Å². The van der Waals surface area contributed by atoms with Gasteiger partial charge in [-0.15, -0.1) is 0 Å². The minimum absolute atomic E-state index is 0.101. The molecule has 3 heteroatoms. The van der Waals surface area contributed by atoms with E-state index in [4.69, 9.17) is 9.47 Å². The zero-order chi connectivity index (χ0) is 18.5. The Balaban J connectivity index is 1.81. The maximum absolute atomic E-state index is 9.70. The van der Waals surface area contributed by atoms with Crippen LogP contribution in [-0.2, 0) is 15.1 Å². The average Bonchev–Trinajstić information content (AvgIpc) is 3.16. The molecule has 1 aliphatic heterocycles. The summed E-state index contributed by atoms with van der Waals surface area (Å²) in [6.45, 7) is 0.412. The normalized spacial score (nSPS) is 19.9. The predicted molar refractivity (Wildman–Crippen MR) is 105 cm³/mol. The molecule has 1 N–H and O–H groups in total. The molecule has 0 aromatic heterocycles. The summed E-state index contributed by atoms with van der Waals surface area (Å²) in [6, 6.07) is 30.9. The largest absolute Gasteiger partial charge is 0.368 e. The van der Waals surface area contributed by atoms with Crippen molar-refractivity contribution in [3.8, 4) is 0 Å². The van der Waals surface area contributed by atoms with Crippen molar-refractivity contribution >= 4 is 0 Å². The van der Waals surface area contributed by atoms with Crippen LogP contribution < -0.4 is 0 Å². The van der Waals surface area contributed by atoms with E-state index in [-0.39, 0.29) is 6.10 Å². The smallest absolute Gasteiger partial charge is 0.155 e. The molecule has 1 heterocycles. The summed E-state index contributed by atoms with van der Waals surface area (Å²) in [4.78, 5) is 0. The monoisotopic (exact) mass is 360 g/mol. The summed E-state index contributed by atoms with van der Waals surface area (Å²) in [5.74, 6) is 0. The first-order valence-corrected chi connectivity index (χ1v) is 9.43. The number of hydrogen-bond donors (Lipinski definition) is 1. The lowest BCUT2D eigenvalue weighted by atomic mass is 9.80. The second-order valence-corrected chi connectivity index (χ2v) is 6.88. The van der Waals surface area contributed by atoms with E-state index in [0.29, 0.717) is 13.0 Å². The summed E-state index contributed by atoms with van der Waals surface area (Å²) < 4.78 is 12.3. The van der Waals surface area contributed by atoms with Crippen LogP contribution >= 0.6 is 0 Å². The van der Waals surface area contributed by atoms with E-state index in [2.05, 4.69) is 36.4 Å². The Bertz CT molecular complexity index is 737. The highest BCUT2D eigenvalue weighted by Gasteiger charge is 2.38. The minimum atomic E-state index is -0.735. The van der Waals surface area contributed by atoms with Crippen molar-refractivity contribution in [1.29, 1.82) is 0 Å². The fourth-order valence-corrected chi connectivity index (χ4v) is 3.80. The van der Waals surface area contributed by atoms with Crippen molar-refractivity contribution in [2.24, 2.45) is 0 Å². The van der Waals surface area contributed by atoms with Crippen molar-refractivity contribution < 1.29 is 14.6 Å². The molecule has 0 radical (unpaired) electrons. The lowest BCUT2D eigenvalue weighted by molar-refractivity contribution is -0.122. The maximum Gasteiger partial charge on any atom is 0.155 e. The van der Waals surface area contributed by atoms with Crippen LogP contribution in [0.1, 0.15) is 29.5 Å². The highest BCUT2D eigenvalue weighted by Crippen LogP contribution is 2.41. The van der Waals surface area contributed by atoms with Crippen LogP contribution in [0.15, 0.2) is 91.0 Å². The third-order valence-electron chi connectivity index (χ3n) is 5.11. The van der Waals surface area contributed by atoms with Crippen molar-refractivity contribution in [2.45, 2.75) is 30.8 Å². The lowest BCUT2D eigenvalue weighted by Gasteiger charge is -2.36. The molecule has 3 aromatic rings. The minimum Gasteiger partial charge on any atom is -0.368 e. The fraction of sp³-hybridized carbons (Fsp3) is 0.250. The highest BCUT2D eigenvalue weighted by atomic mass is 16.6. The number of rotatable bonds is 6. The van der Waals surface area contributed by atoms with E-state index >= 15 is 0 Å². The fourth-order valence-electron chi connectivity index (χ4n) is 3.80. The maximum atomic E-state index is 9.70. The third-order valence-corrected chi connectivity index (χ3v) is 5.11. The van der Waals surface area contributed by atoms with Gasteiger partial charge in [0.25, 0.3) is 0 Å². The van der Waals surface area contributed by atoms with Gasteiger partial charge < -0.3 is 14.6 Å². The number of ether oxygens (including phenoxy) is 2. The summed E-state index contributed by atoms with van der Waals surface area (Å²) in [6.07, 6.45) is 0.673. The molecule has 4 rings (SSSR count).